The third-order valence-corrected chi connectivity index (χ3v) is 3.77. The average Bonchev–Trinajstić information content (AvgIpc) is 2.92. The van der Waals surface area contributed by atoms with Crippen molar-refractivity contribution in [2.75, 3.05) is 0 Å². The summed E-state index contributed by atoms with van der Waals surface area (Å²) in [6.07, 6.45) is 1.65. The van der Waals surface area contributed by atoms with Crippen molar-refractivity contribution in [2.45, 2.75) is 26.2 Å². The van der Waals surface area contributed by atoms with Crippen LogP contribution in [0.3, 0.4) is 0 Å². The van der Waals surface area contributed by atoms with Crippen LogP contribution in [0.5, 0.6) is 0 Å². The Labute approximate surface area is 123 Å². The highest BCUT2D eigenvalue weighted by molar-refractivity contribution is 7.12. The lowest BCUT2D eigenvalue weighted by molar-refractivity contribution is 0.0959. The fourth-order valence-corrected chi connectivity index (χ4v) is 2.31. The van der Waals surface area contributed by atoms with Gasteiger partial charge in [0, 0.05) is 0 Å². The number of hydrogen-bond acceptors (Lipinski definition) is 3. The van der Waals surface area contributed by atoms with Crippen LogP contribution in [0.15, 0.2) is 46.9 Å². The van der Waals surface area contributed by atoms with Gasteiger partial charge in [-0.1, -0.05) is 51.1 Å². The van der Waals surface area contributed by atoms with Gasteiger partial charge >= 0.3 is 0 Å². The lowest BCUT2D eigenvalue weighted by Gasteiger charge is -2.18. The van der Waals surface area contributed by atoms with Crippen molar-refractivity contribution in [3.63, 3.8) is 0 Å². The molecule has 0 aliphatic rings. The average molecular weight is 286 g/mol. The molecule has 0 aliphatic heterocycles. The second-order valence-electron chi connectivity index (χ2n) is 5.55. The van der Waals surface area contributed by atoms with Crippen molar-refractivity contribution >= 4 is 23.5 Å². The molecule has 0 fully saturated rings. The molecular formula is C16H18N2OS. The second kappa shape index (κ2) is 6.01. The van der Waals surface area contributed by atoms with Crippen LogP contribution in [0, 0.1) is 0 Å². The Morgan fingerprint density at radius 1 is 1.20 bits per heavy atom. The first-order valence-electron chi connectivity index (χ1n) is 6.44. The Hall–Kier alpha value is -1.94. The molecule has 0 saturated carbocycles. The molecule has 2 rings (SSSR count). The van der Waals surface area contributed by atoms with Crippen LogP contribution in [0.2, 0.25) is 0 Å². The Balaban J connectivity index is 1.97. The molecule has 0 bridgehead atoms. The van der Waals surface area contributed by atoms with Crippen molar-refractivity contribution < 1.29 is 4.79 Å². The summed E-state index contributed by atoms with van der Waals surface area (Å²) in [5.74, 6) is -0.178. The Morgan fingerprint density at radius 3 is 2.45 bits per heavy atom. The number of benzene rings is 1. The van der Waals surface area contributed by atoms with Gasteiger partial charge in [-0.2, -0.15) is 5.10 Å². The molecule has 1 amide bonds. The normalized spacial score (nSPS) is 11.8. The number of carbonyl (C=O) groups excluding carboxylic acids is 1. The van der Waals surface area contributed by atoms with E-state index >= 15 is 0 Å². The fraction of sp³-hybridized carbons (Fsp3) is 0.250. The van der Waals surface area contributed by atoms with Gasteiger partial charge in [-0.3, -0.25) is 4.79 Å². The van der Waals surface area contributed by atoms with E-state index in [-0.39, 0.29) is 11.3 Å². The zero-order valence-electron chi connectivity index (χ0n) is 11.9. The maximum absolute atomic E-state index is 11.7. The van der Waals surface area contributed by atoms with Crippen LogP contribution in [-0.4, -0.2) is 12.1 Å². The number of hydrazone groups is 1. The summed E-state index contributed by atoms with van der Waals surface area (Å²) in [6, 6.07) is 11.8. The van der Waals surface area contributed by atoms with E-state index in [4.69, 9.17) is 0 Å². The molecule has 1 heterocycles. The molecule has 0 radical (unpaired) electrons. The van der Waals surface area contributed by atoms with Gasteiger partial charge in [-0.05, 0) is 28.0 Å². The van der Waals surface area contributed by atoms with E-state index in [0.717, 1.165) is 5.56 Å². The predicted octanol–water partition coefficient (Wildman–Crippen LogP) is 3.81. The van der Waals surface area contributed by atoms with Gasteiger partial charge in [0.25, 0.3) is 5.91 Å². The molecular weight excluding hydrogens is 268 g/mol. The fourth-order valence-electron chi connectivity index (χ4n) is 1.70. The van der Waals surface area contributed by atoms with Gasteiger partial charge in [0.15, 0.2) is 0 Å². The maximum Gasteiger partial charge on any atom is 0.281 e. The first kappa shape index (κ1) is 14.5. The molecule has 0 aliphatic carbocycles. The molecule has 0 spiro atoms. The zero-order valence-corrected chi connectivity index (χ0v) is 12.7. The maximum atomic E-state index is 11.7. The molecule has 4 heteroatoms. The smallest absolute Gasteiger partial charge is 0.266 e. The number of nitrogens with one attached hydrogen (secondary N) is 1. The first-order chi connectivity index (χ1) is 9.47. The predicted molar refractivity (Wildman–Crippen MR) is 84.5 cm³/mol. The third-order valence-electron chi connectivity index (χ3n) is 2.90. The minimum atomic E-state index is -0.178. The van der Waals surface area contributed by atoms with E-state index in [2.05, 4.69) is 43.4 Å². The van der Waals surface area contributed by atoms with Crippen LogP contribution < -0.4 is 5.43 Å². The van der Waals surface area contributed by atoms with Gasteiger partial charge in [0.05, 0.1) is 11.1 Å². The molecule has 2 aromatic rings. The number of hydrogen-bond donors (Lipinski definition) is 1. The van der Waals surface area contributed by atoms with Crippen LogP contribution in [0.25, 0.3) is 0 Å². The van der Waals surface area contributed by atoms with Gasteiger partial charge in [-0.25, -0.2) is 5.43 Å². The molecule has 104 valence electrons. The van der Waals surface area contributed by atoms with E-state index in [1.54, 1.807) is 12.3 Å². The van der Waals surface area contributed by atoms with Crippen molar-refractivity contribution in [3.8, 4) is 0 Å². The summed E-state index contributed by atoms with van der Waals surface area (Å²) in [7, 11) is 0. The number of rotatable bonds is 3. The highest BCUT2D eigenvalue weighted by Crippen LogP contribution is 2.21. The summed E-state index contributed by atoms with van der Waals surface area (Å²) < 4.78 is 0. The monoisotopic (exact) mass is 286 g/mol. The molecule has 1 aromatic carbocycles. The van der Waals surface area contributed by atoms with E-state index in [1.807, 2.05) is 23.6 Å². The van der Waals surface area contributed by atoms with Crippen molar-refractivity contribution in [1.82, 2.24) is 5.43 Å². The van der Waals surface area contributed by atoms with E-state index in [1.165, 1.54) is 16.9 Å². The summed E-state index contributed by atoms with van der Waals surface area (Å²) in [4.78, 5) is 12.3. The Kier molecular flexibility index (Phi) is 4.35. The highest BCUT2D eigenvalue weighted by atomic mass is 32.1. The topological polar surface area (TPSA) is 41.5 Å². The van der Waals surface area contributed by atoms with Gasteiger partial charge in [0.2, 0.25) is 0 Å². The summed E-state index contributed by atoms with van der Waals surface area (Å²) in [6.45, 7) is 6.53. The number of thiophene rings is 1. The van der Waals surface area contributed by atoms with E-state index in [9.17, 15) is 4.79 Å². The van der Waals surface area contributed by atoms with E-state index < -0.39 is 0 Å². The lowest BCUT2D eigenvalue weighted by atomic mass is 9.87. The highest BCUT2D eigenvalue weighted by Gasteiger charge is 2.12. The first-order valence-corrected chi connectivity index (χ1v) is 7.32. The third kappa shape index (κ3) is 3.78. The number of amides is 1. The SMILES string of the molecule is CC(C)(C)c1ccc(/C=N\NC(=O)c2cccs2)cc1. The molecule has 1 N–H and O–H groups in total. The van der Waals surface area contributed by atoms with Gasteiger partial charge in [0.1, 0.15) is 0 Å². The summed E-state index contributed by atoms with van der Waals surface area (Å²) >= 11 is 1.40. The van der Waals surface area contributed by atoms with E-state index in [0.29, 0.717) is 4.88 Å². The number of nitrogens with zero attached hydrogens (tertiary/aromatic N) is 1. The molecule has 3 nitrogen and oxygen atoms in total. The van der Waals surface area contributed by atoms with Gasteiger partial charge < -0.3 is 0 Å². The summed E-state index contributed by atoms with van der Waals surface area (Å²) in [5, 5.41) is 5.84. The largest absolute Gasteiger partial charge is 0.281 e. The Bertz CT molecular complexity index is 592. The number of carbonyl (C=O) groups is 1. The molecule has 0 atom stereocenters. The lowest BCUT2D eigenvalue weighted by Crippen LogP contribution is -2.16. The minimum absolute atomic E-state index is 0.142. The molecule has 1 aromatic heterocycles. The second-order valence-corrected chi connectivity index (χ2v) is 6.50. The van der Waals surface area contributed by atoms with Crippen LogP contribution in [0.4, 0.5) is 0 Å². The van der Waals surface area contributed by atoms with Crippen molar-refractivity contribution in [3.05, 3.63) is 57.8 Å². The van der Waals surface area contributed by atoms with Crippen LogP contribution in [-0.2, 0) is 5.41 Å². The molecule has 0 saturated heterocycles. The molecule has 0 unspecified atom stereocenters. The quantitative estimate of drug-likeness (QED) is 0.676. The van der Waals surface area contributed by atoms with Gasteiger partial charge in [-0.15, -0.1) is 11.3 Å². The summed E-state index contributed by atoms with van der Waals surface area (Å²) in [5.41, 5.74) is 4.90. The van der Waals surface area contributed by atoms with Crippen LogP contribution in [0.1, 0.15) is 41.6 Å². The Morgan fingerprint density at radius 2 is 1.90 bits per heavy atom. The van der Waals surface area contributed by atoms with Crippen molar-refractivity contribution in [2.24, 2.45) is 5.10 Å². The minimum Gasteiger partial charge on any atom is -0.266 e. The van der Waals surface area contributed by atoms with Crippen molar-refractivity contribution in [1.29, 1.82) is 0 Å². The zero-order chi connectivity index (χ0) is 14.6. The van der Waals surface area contributed by atoms with Crippen LogP contribution >= 0.6 is 11.3 Å². The standard InChI is InChI=1S/C16H18N2OS/c1-16(2,3)13-8-6-12(7-9-13)11-17-18-15(19)14-5-4-10-20-14/h4-11H,1-3H3,(H,18,19)/b17-11-. The molecule has 20 heavy (non-hydrogen) atoms.